The van der Waals surface area contributed by atoms with Gasteiger partial charge in [0.25, 0.3) is 0 Å². The minimum Gasteiger partial charge on any atom is -0.462 e. The van der Waals surface area contributed by atoms with Gasteiger partial charge in [-0.15, -0.1) is 0 Å². The summed E-state index contributed by atoms with van der Waals surface area (Å²) in [4.78, 5) is 11.7. The van der Waals surface area contributed by atoms with Crippen molar-refractivity contribution in [3.63, 3.8) is 0 Å². The molecule has 1 aliphatic heterocycles. The summed E-state index contributed by atoms with van der Waals surface area (Å²) in [6.45, 7) is 3.91. The molecule has 0 aromatic heterocycles. The van der Waals surface area contributed by atoms with Crippen molar-refractivity contribution in [1.29, 1.82) is 0 Å². The van der Waals surface area contributed by atoms with Crippen LogP contribution in [0.2, 0.25) is 6.82 Å². The Bertz CT molecular complexity index is 836. The highest BCUT2D eigenvalue weighted by atomic mass is 19.4. The molecule has 0 bridgehead atoms. The fraction of sp³-hybridized carbons (Fsp3) is 0.278. The number of rotatable bonds is 4. The molecule has 8 heteroatoms. The summed E-state index contributed by atoms with van der Waals surface area (Å²) in [5.74, 6) is -0.915. The van der Waals surface area contributed by atoms with Crippen LogP contribution >= 0.6 is 0 Å². The molecule has 2 aromatic rings. The standard InChI is InChI=1S/C18H16BF3O4/c1-3-24-17(23)11-4-7-16(14(9-11)18(20,21)22)26-13-5-6-15-12(8-13)10-25-19(15)2/h4-9H,3,10H2,1-2H3. The van der Waals surface area contributed by atoms with Crippen LogP contribution in [0.5, 0.6) is 11.5 Å². The first kappa shape index (κ1) is 18.3. The number of alkyl halides is 3. The lowest BCUT2D eigenvalue weighted by atomic mass is 9.64. The van der Waals surface area contributed by atoms with Crippen LogP contribution < -0.4 is 10.2 Å². The Morgan fingerprint density at radius 1 is 1.23 bits per heavy atom. The van der Waals surface area contributed by atoms with Crippen LogP contribution in [0, 0.1) is 0 Å². The number of carbonyl (C=O) groups is 1. The smallest absolute Gasteiger partial charge is 0.420 e. The quantitative estimate of drug-likeness (QED) is 0.607. The van der Waals surface area contributed by atoms with Gasteiger partial charge < -0.3 is 14.1 Å². The normalized spacial score (nSPS) is 13.5. The SMILES string of the molecule is CCOC(=O)c1ccc(Oc2ccc3c(c2)COB3C)c(C(F)(F)F)c1. The van der Waals surface area contributed by atoms with Crippen LogP contribution in [-0.2, 0) is 22.2 Å². The molecule has 0 unspecified atom stereocenters. The number of halogens is 3. The van der Waals surface area contributed by atoms with E-state index in [0.717, 1.165) is 23.2 Å². The Morgan fingerprint density at radius 3 is 2.69 bits per heavy atom. The summed E-state index contributed by atoms with van der Waals surface area (Å²) in [6.07, 6.45) is -4.67. The molecular formula is C18H16BF3O4. The minimum atomic E-state index is -4.67. The summed E-state index contributed by atoms with van der Waals surface area (Å²) < 4.78 is 55.9. The molecular weight excluding hydrogens is 348 g/mol. The van der Waals surface area contributed by atoms with E-state index < -0.39 is 17.7 Å². The summed E-state index contributed by atoms with van der Waals surface area (Å²) in [5, 5.41) is 0. The van der Waals surface area contributed by atoms with Gasteiger partial charge in [0.1, 0.15) is 11.5 Å². The monoisotopic (exact) mass is 364 g/mol. The van der Waals surface area contributed by atoms with Crippen LogP contribution in [-0.4, -0.2) is 19.5 Å². The van der Waals surface area contributed by atoms with Crippen molar-refractivity contribution in [2.45, 2.75) is 26.5 Å². The Kier molecular flexibility index (Phi) is 4.95. The van der Waals surface area contributed by atoms with Crippen molar-refractivity contribution < 1.29 is 32.1 Å². The lowest BCUT2D eigenvalue weighted by Crippen LogP contribution is -2.23. The van der Waals surface area contributed by atoms with Crippen LogP contribution in [0.4, 0.5) is 13.2 Å². The van der Waals surface area contributed by atoms with Crippen molar-refractivity contribution in [3.05, 3.63) is 53.1 Å². The van der Waals surface area contributed by atoms with Crippen LogP contribution in [0.15, 0.2) is 36.4 Å². The number of hydrogen-bond donors (Lipinski definition) is 0. The molecule has 1 aliphatic rings. The molecule has 0 aliphatic carbocycles. The van der Waals surface area contributed by atoms with E-state index in [9.17, 15) is 18.0 Å². The van der Waals surface area contributed by atoms with Gasteiger partial charge in [-0.05, 0) is 48.3 Å². The summed E-state index contributed by atoms with van der Waals surface area (Å²) >= 11 is 0. The van der Waals surface area contributed by atoms with Crippen LogP contribution in [0.25, 0.3) is 0 Å². The first-order chi connectivity index (χ1) is 12.3. The predicted octanol–water partition coefficient (Wildman–Crippen LogP) is 4.03. The molecule has 0 saturated heterocycles. The highest BCUT2D eigenvalue weighted by molar-refractivity contribution is 6.67. The second-order valence-corrected chi connectivity index (χ2v) is 5.85. The van der Waals surface area contributed by atoms with E-state index in [0.29, 0.717) is 6.61 Å². The van der Waals surface area contributed by atoms with Crippen LogP contribution in [0.3, 0.4) is 0 Å². The first-order valence-electron chi connectivity index (χ1n) is 8.10. The second-order valence-electron chi connectivity index (χ2n) is 5.85. The van der Waals surface area contributed by atoms with Gasteiger partial charge in [-0.1, -0.05) is 12.9 Å². The molecule has 0 amide bonds. The molecule has 0 atom stereocenters. The largest absolute Gasteiger partial charge is 0.462 e. The first-order valence-corrected chi connectivity index (χ1v) is 8.10. The molecule has 26 heavy (non-hydrogen) atoms. The van der Waals surface area contributed by atoms with Gasteiger partial charge in [0, 0.05) is 0 Å². The third kappa shape index (κ3) is 3.70. The third-order valence-corrected chi connectivity index (χ3v) is 4.07. The van der Waals surface area contributed by atoms with Gasteiger partial charge in [0.2, 0.25) is 0 Å². The van der Waals surface area contributed by atoms with Crippen molar-refractivity contribution in [1.82, 2.24) is 0 Å². The van der Waals surface area contributed by atoms with E-state index in [1.807, 2.05) is 6.82 Å². The zero-order valence-corrected chi connectivity index (χ0v) is 14.2. The van der Waals surface area contributed by atoms with Crippen molar-refractivity contribution in [2.75, 3.05) is 6.61 Å². The molecule has 3 rings (SSSR count). The molecule has 0 radical (unpaired) electrons. The van der Waals surface area contributed by atoms with E-state index >= 15 is 0 Å². The zero-order valence-electron chi connectivity index (χ0n) is 14.2. The molecule has 0 N–H and O–H groups in total. The van der Waals surface area contributed by atoms with Gasteiger partial charge in [0.05, 0.1) is 24.3 Å². The van der Waals surface area contributed by atoms with E-state index in [-0.39, 0.29) is 30.6 Å². The fourth-order valence-corrected chi connectivity index (χ4v) is 2.78. The molecule has 1 heterocycles. The molecule has 0 fully saturated rings. The number of ether oxygens (including phenoxy) is 2. The molecule has 0 spiro atoms. The average molecular weight is 364 g/mol. The van der Waals surface area contributed by atoms with E-state index in [2.05, 4.69) is 0 Å². The lowest BCUT2D eigenvalue weighted by molar-refractivity contribution is -0.138. The van der Waals surface area contributed by atoms with E-state index in [1.165, 1.54) is 6.07 Å². The zero-order chi connectivity index (χ0) is 18.9. The van der Waals surface area contributed by atoms with Crippen molar-refractivity contribution in [3.8, 4) is 11.5 Å². The molecule has 0 saturated carbocycles. The van der Waals surface area contributed by atoms with Crippen molar-refractivity contribution in [2.24, 2.45) is 0 Å². The molecule has 4 nitrogen and oxygen atoms in total. The average Bonchev–Trinajstić information content (AvgIpc) is 2.95. The third-order valence-electron chi connectivity index (χ3n) is 4.07. The van der Waals surface area contributed by atoms with Gasteiger partial charge in [-0.2, -0.15) is 13.2 Å². The number of fused-ring (bicyclic) bond motifs is 1. The Hall–Kier alpha value is -2.48. The number of hydrogen-bond acceptors (Lipinski definition) is 4. The molecule has 136 valence electrons. The lowest BCUT2D eigenvalue weighted by Gasteiger charge is -2.15. The maximum absolute atomic E-state index is 13.4. The Balaban J connectivity index is 1.93. The Morgan fingerprint density at radius 2 is 2.00 bits per heavy atom. The van der Waals surface area contributed by atoms with Gasteiger partial charge in [-0.3, -0.25) is 0 Å². The van der Waals surface area contributed by atoms with Gasteiger partial charge in [-0.25, -0.2) is 4.79 Å². The predicted molar refractivity (Wildman–Crippen MR) is 90.0 cm³/mol. The maximum Gasteiger partial charge on any atom is 0.420 e. The number of benzene rings is 2. The Labute approximate surface area is 149 Å². The maximum atomic E-state index is 13.4. The van der Waals surface area contributed by atoms with Gasteiger partial charge in [0.15, 0.2) is 0 Å². The number of esters is 1. The number of carbonyl (C=O) groups excluding carboxylic acids is 1. The highest BCUT2D eigenvalue weighted by Gasteiger charge is 2.35. The second kappa shape index (κ2) is 7.03. The summed E-state index contributed by atoms with van der Waals surface area (Å²) in [6, 6.07) is 8.17. The minimum absolute atomic E-state index is 0.0475. The summed E-state index contributed by atoms with van der Waals surface area (Å²) in [7, 11) is 0. The topological polar surface area (TPSA) is 44.8 Å². The van der Waals surface area contributed by atoms with Crippen molar-refractivity contribution >= 4 is 18.3 Å². The van der Waals surface area contributed by atoms with E-state index in [4.69, 9.17) is 14.1 Å². The van der Waals surface area contributed by atoms with E-state index in [1.54, 1.807) is 25.1 Å². The van der Waals surface area contributed by atoms with Gasteiger partial charge >= 0.3 is 19.1 Å². The fourth-order valence-electron chi connectivity index (χ4n) is 2.78. The summed E-state index contributed by atoms with van der Waals surface area (Å²) in [5.41, 5.74) is 0.661. The molecule has 2 aromatic carbocycles. The highest BCUT2D eigenvalue weighted by Crippen LogP contribution is 2.39. The van der Waals surface area contributed by atoms with Crippen LogP contribution in [0.1, 0.15) is 28.4 Å².